The first-order valence-corrected chi connectivity index (χ1v) is 12.8. The van der Waals surface area contributed by atoms with Crippen LogP contribution in [0.4, 0.5) is 22.2 Å². The molecular formula is C26H37N9O5. The molecular weight excluding hydrogens is 518 g/mol. The van der Waals surface area contributed by atoms with E-state index in [1.807, 2.05) is 24.1 Å². The van der Waals surface area contributed by atoms with Crippen molar-refractivity contribution in [3.8, 4) is 0 Å². The molecule has 2 amide bonds. The SMILES string of the molecule is CN(Cc1cnc2nc(N)nc(N)c2n1)c1ccc(C(=O)NCCOCCOCCNC(=O)OC(C)(C)C)cc1. The van der Waals surface area contributed by atoms with E-state index in [0.29, 0.717) is 68.5 Å². The fourth-order valence-corrected chi connectivity index (χ4v) is 3.46. The van der Waals surface area contributed by atoms with E-state index in [-0.39, 0.29) is 17.7 Å². The summed E-state index contributed by atoms with van der Waals surface area (Å²) < 4.78 is 16.0. The van der Waals surface area contributed by atoms with Crippen LogP contribution < -0.4 is 27.0 Å². The quantitative estimate of drug-likeness (QED) is 0.222. The number of rotatable bonds is 13. The number of nitrogens with one attached hydrogen (secondary N) is 2. The summed E-state index contributed by atoms with van der Waals surface area (Å²) in [5.41, 5.74) is 13.8. The van der Waals surface area contributed by atoms with Crippen molar-refractivity contribution >= 4 is 40.6 Å². The molecule has 6 N–H and O–H groups in total. The number of hydrogen-bond acceptors (Lipinski definition) is 12. The Labute approximate surface area is 232 Å². The largest absolute Gasteiger partial charge is 0.444 e. The number of anilines is 3. The number of fused-ring (bicyclic) bond motifs is 1. The van der Waals surface area contributed by atoms with Gasteiger partial charge in [0.1, 0.15) is 5.60 Å². The van der Waals surface area contributed by atoms with Gasteiger partial charge in [0.25, 0.3) is 5.91 Å². The van der Waals surface area contributed by atoms with Gasteiger partial charge in [-0.15, -0.1) is 0 Å². The number of amides is 2. The van der Waals surface area contributed by atoms with Gasteiger partial charge in [0, 0.05) is 31.4 Å². The minimum absolute atomic E-state index is 0.0496. The lowest BCUT2D eigenvalue weighted by atomic mass is 10.2. The average Bonchev–Trinajstić information content (AvgIpc) is 2.89. The second kappa shape index (κ2) is 14.2. The number of alkyl carbamates (subject to hydrolysis) is 1. The zero-order valence-electron chi connectivity index (χ0n) is 23.3. The molecule has 0 aliphatic heterocycles. The van der Waals surface area contributed by atoms with E-state index in [0.717, 1.165) is 5.69 Å². The maximum Gasteiger partial charge on any atom is 0.407 e. The minimum Gasteiger partial charge on any atom is -0.444 e. The third-order valence-electron chi connectivity index (χ3n) is 5.29. The monoisotopic (exact) mass is 555 g/mol. The molecule has 0 bridgehead atoms. The Hall–Kier alpha value is -4.30. The summed E-state index contributed by atoms with van der Waals surface area (Å²) in [5, 5.41) is 5.44. The predicted octanol–water partition coefficient (Wildman–Crippen LogP) is 1.51. The van der Waals surface area contributed by atoms with Crippen molar-refractivity contribution in [1.82, 2.24) is 30.6 Å². The highest BCUT2D eigenvalue weighted by molar-refractivity contribution is 5.94. The van der Waals surface area contributed by atoms with Crippen LogP contribution in [0.2, 0.25) is 0 Å². The molecule has 0 saturated carbocycles. The number of carbonyl (C=O) groups is 2. The Bertz CT molecular complexity index is 1280. The van der Waals surface area contributed by atoms with Crippen molar-refractivity contribution < 1.29 is 23.8 Å². The number of hydrogen-bond donors (Lipinski definition) is 4. The first-order chi connectivity index (χ1) is 19.0. The van der Waals surface area contributed by atoms with Crippen molar-refractivity contribution in [2.75, 3.05) is 62.9 Å². The standard InChI is InChI=1S/C26H37N9O5/c1-26(2,3)40-25(37)30-10-12-39-14-13-38-11-9-29-23(36)17-5-7-19(8-6-17)35(4)16-18-15-31-22-20(32-18)21(27)33-24(28)34-22/h5-8,15H,9-14,16H2,1-4H3,(H,29,36)(H,30,37)(H4,27,28,31,33,34). The highest BCUT2D eigenvalue weighted by Crippen LogP contribution is 2.18. The van der Waals surface area contributed by atoms with E-state index < -0.39 is 11.7 Å². The smallest absolute Gasteiger partial charge is 0.407 e. The third-order valence-corrected chi connectivity index (χ3v) is 5.29. The number of carbonyl (C=O) groups excluding carboxylic acids is 2. The molecule has 40 heavy (non-hydrogen) atoms. The highest BCUT2D eigenvalue weighted by atomic mass is 16.6. The Kier molecular flexibility index (Phi) is 10.7. The van der Waals surface area contributed by atoms with E-state index in [2.05, 4.69) is 30.6 Å². The van der Waals surface area contributed by atoms with Gasteiger partial charge in [-0.1, -0.05) is 0 Å². The summed E-state index contributed by atoms with van der Waals surface area (Å²) in [6.07, 6.45) is 1.14. The molecule has 0 fully saturated rings. The molecule has 0 aliphatic rings. The van der Waals surface area contributed by atoms with Crippen LogP contribution in [0.15, 0.2) is 30.5 Å². The van der Waals surface area contributed by atoms with E-state index in [9.17, 15) is 9.59 Å². The third kappa shape index (κ3) is 9.78. The topological polar surface area (TPSA) is 193 Å². The first kappa shape index (κ1) is 30.2. The summed E-state index contributed by atoms with van der Waals surface area (Å²) in [7, 11) is 1.91. The molecule has 0 unspecified atom stereocenters. The maximum absolute atomic E-state index is 12.4. The van der Waals surface area contributed by atoms with Crippen molar-refractivity contribution in [2.24, 2.45) is 0 Å². The lowest BCUT2D eigenvalue weighted by Crippen LogP contribution is -2.34. The minimum atomic E-state index is -0.535. The molecule has 3 aromatic rings. The summed E-state index contributed by atoms with van der Waals surface area (Å²) in [6.45, 7) is 8.01. The second-order valence-electron chi connectivity index (χ2n) is 9.81. The van der Waals surface area contributed by atoms with Crippen LogP contribution in [-0.4, -0.2) is 84.1 Å². The van der Waals surface area contributed by atoms with Crippen molar-refractivity contribution in [3.05, 3.63) is 41.7 Å². The van der Waals surface area contributed by atoms with Gasteiger partial charge in [0.05, 0.1) is 44.9 Å². The molecule has 1 aromatic carbocycles. The van der Waals surface area contributed by atoms with Crippen LogP contribution in [-0.2, 0) is 20.8 Å². The normalized spacial score (nSPS) is 11.3. The predicted molar refractivity (Wildman–Crippen MR) is 151 cm³/mol. The van der Waals surface area contributed by atoms with Crippen LogP contribution in [0.3, 0.4) is 0 Å². The first-order valence-electron chi connectivity index (χ1n) is 12.8. The van der Waals surface area contributed by atoms with Gasteiger partial charge >= 0.3 is 6.09 Å². The molecule has 0 radical (unpaired) electrons. The van der Waals surface area contributed by atoms with E-state index >= 15 is 0 Å². The van der Waals surface area contributed by atoms with Gasteiger partial charge in [-0.3, -0.25) is 4.79 Å². The summed E-state index contributed by atoms with van der Waals surface area (Å²) in [5.74, 6) is 0.0318. The van der Waals surface area contributed by atoms with Crippen LogP contribution in [0.5, 0.6) is 0 Å². The molecule has 2 heterocycles. The molecule has 0 saturated heterocycles. The van der Waals surface area contributed by atoms with Gasteiger partial charge in [-0.25, -0.2) is 14.8 Å². The maximum atomic E-state index is 12.4. The van der Waals surface area contributed by atoms with Gasteiger partial charge in [0.15, 0.2) is 17.0 Å². The summed E-state index contributed by atoms with van der Waals surface area (Å²) in [6, 6.07) is 7.21. The van der Waals surface area contributed by atoms with Crippen LogP contribution in [0.1, 0.15) is 36.8 Å². The Balaban J connectivity index is 1.32. The fraction of sp³-hybridized carbons (Fsp3) is 0.462. The Morgan fingerprint density at radius 1 is 0.925 bits per heavy atom. The Morgan fingerprint density at radius 3 is 2.23 bits per heavy atom. The molecule has 2 aromatic heterocycles. The number of aromatic nitrogens is 4. The molecule has 14 nitrogen and oxygen atoms in total. The van der Waals surface area contributed by atoms with Gasteiger partial charge in [-0.05, 0) is 45.0 Å². The van der Waals surface area contributed by atoms with E-state index in [1.54, 1.807) is 39.1 Å². The van der Waals surface area contributed by atoms with E-state index in [1.165, 1.54) is 0 Å². The van der Waals surface area contributed by atoms with Crippen LogP contribution >= 0.6 is 0 Å². The number of nitrogens with two attached hydrogens (primary N) is 2. The number of nitrogens with zero attached hydrogens (tertiary/aromatic N) is 5. The summed E-state index contributed by atoms with van der Waals surface area (Å²) in [4.78, 5) is 42.7. The zero-order valence-corrected chi connectivity index (χ0v) is 23.3. The number of benzene rings is 1. The zero-order chi connectivity index (χ0) is 29.1. The van der Waals surface area contributed by atoms with Gasteiger partial charge in [-0.2, -0.15) is 9.97 Å². The van der Waals surface area contributed by atoms with E-state index in [4.69, 9.17) is 25.7 Å². The van der Waals surface area contributed by atoms with Crippen molar-refractivity contribution in [1.29, 1.82) is 0 Å². The fourth-order valence-electron chi connectivity index (χ4n) is 3.46. The average molecular weight is 556 g/mol. The lowest BCUT2D eigenvalue weighted by molar-refractivity contribution is 0.0400. The van der Waals surface area contributed by atoms with Crippen LogP contribution in [0, 0.1) is 0 Å². The molecule has 0 aliphatic carbocycles. The highest BCUT2D eigenvalue weighted by Gasteiger charge is 2.15. The van der Waals surface area contributed by atoms with Gasteiger partial charge in [0.2, 0.25) is 5.95 Å². The molecule has 0 spiro atoms. The summed E-state index contributed by atoms with van der Waals surface area (Å²) >= 11 is 0. The lowest BCUT2D eigenvalue weighted by Gasteiger charge is -2.19. The molecule has 14 heteroatoms. The van der Waals surface area contributed by atoms with Gasteiger partial charge < -0.3 is 41.2 Å². The Morgan fingerprint density at radius 2 is 1.57 bits per heavy atom. The molecule has 216 valence electrons. The van der Waals surface area contributed by atoms with Crippen molar-refractivity contribution in [3.63, 3.8) is 0 Å². The van der Waals surface area contributed by atoms with Crippen molar-refractivity contribution in [2.45, 2.75) is 32.9 Å². The number of ether oxygens (including phenoxy) is 3. The van der Waals surface area contributed by atoms with Crippen LogP contribution in [0.25, 0.3) is 11.2 Å². The molecule has 0 atom stereocenters. The second-order valence-corrected chi connectivity index (χ2v) is 9.81. The number of nitrogen functional groups attached to an aromatic ring is 2. The molecule has 3 rings (SSSR count).